The number of carbonyl (C=O) groups excluding carboxylic acids is 1. The predicted molar refractivity (Wildman–Crippen MR) is 67.1 cm³/mol. The van der Waals surface area contributed by atoms with Crippen molar-refractivity contribution in [1.82, 2.24) is 10.6 Å². The largest absolute Gasteiger partial charge is 0.481 e. The molecule has 2 aliphatic rings. The molecular weight excluding hydrogens is 232 g/mol. The van der Waals surface area contributed by atoms with Crippen LogP contribution in [0.15, 0.2) is 0 Å². The van der Waals surface area contributed by atoms with Crippen LogP contribution < -0.4 is 10.6 Å². The van der Waals surface area contributed by atoms with Gasteiger partial charge in [0, 0.05) is 24.9 Å². The van der Waals surface area contributed by atoms with Crippen molar-refractivity contribution in [3.05, 3.63) is 0 Å². The highest BCUT2D eigenvalue weighted by Gasteiger charge is 2.34. The molecule has 4 unspecified atom stereocenters. The molecule has 5 heteroatoms. The van der Waals surface area contributed by atoms with Gasteiger partial charge in [0.2, 0.25) is 5.91 Å². The average molecular weight is 254 g/mol. The van der Waals surface area contributed by atoms with Crippen molar-refractivity contribution < 1.29 is 14.7 Å². The number of aliphatic carboxylic acids is 1. The van der Waals surface area contributed by atoms with Crippen molar-refractivity contribution in [2.75, 3.05) is 6.54 Å². The number of hydrogen-bond donors (Lipinski definition) is 3. The van der Waals surface area contributed by atoms with Gasteiger partial charge in [-0.2, -0.15) is 0 Å². The van der Waals surface area contributed by atoms with E-state index < -0.39 is 5.97 Å². The Kier molecular flexibility index (Phi) is 4.22. The van der Waals surface area contributed by atoms with E-state index in [1.54, 1.807) is 6.92 Å². The second kappa shape index (κ2) is 5.69. The normalized spacial score (nSPS) is 31.9. The molecule has 1 saturated carbocycles. The number of carboxylic acid groups (broad SMARTS) is 1. The number of amides is 1. The Labute approximate surface area is 107 Å². The summed E-state index contributed by atoms with van der Waals surface area (Å²) < 4.78 is 0. The summed E-state index contributed by atoms with van der Waals surface area (Å²) in [5.41, 5.74) is 0. The summed E-state index contributed by atoms with van der Waals surface area (Å²) >= 11 is 0. The SMILES string of the molecule is CC(CC(=O)O)CC(=O)NC1CC2CNC(C2)C1. The van der Waals surface area contributed by atoms with Gasteiger partial charge in [-0.1, -0.05) is 6.92 Å². The monoisotopic (exact) mass is 254 g/mol. The van der Waals surface area contributed by atoms with E-state index in [2.05, 4.69) is 10.6 Å². The lowest BCUT2D eigenvalue weighted by Crippen LogP contribution is -2.41. The standard InChI is InChI=1S/C13H22N2O3/c1-8(3-13(17)18)2-12(16)15-11-5-9-4-10(6-11)14-7-9/h8-11,14H,2-7H2,1H3,(H,15,16)(H,17,18). The summed E-state index contributed by atoms with van der Waals surface area (Å²) in [5.74, 6) is -0.239. The van der Waals surface area contributed by atoms with Gasteiger partial charge in [0.05, 0.1) is 0 Å². The zero-order valence-electron chi connectivity index (χ0n) is 10.8. The van der Waals surface area contributed by atoms with Crippen molar-refractivity contribution in [3.63, 3.8) is 0 Å². The minimum absolute atomic E-state index is 0.00458. The van der Waals surface area contributed by atoms with Gasteiger partial charge in [-0.15, -0.1) is 0 Å². The van der Waals surface area contributed by atoms with Gasteiger partial charge in [-0.05, 0) is 37.6 Å². The molecule has 2 fully saturated rings. The molecule has 2 bridgehead atoms. The molecular formula is C13H22N2O3. The maximum atomic E-state index is 11.8. The van der Waals surface area contributed by atoms with E-state index in [-0.39, 0.29) is 24.3 Å². The molecule has 1 aliphatic carbocycles. The molecule has 5 nitrogen and oxygen atoms in total. The molecule has 4 atom stereocenters. The molecule has 1 aliphatic heterocycles. The zero-order valence-corrected chi connectivity index (χ0v) is 10.8. The number of carbonyl (C=O) groups is 2. The Morgan fingerprint density at radius 1 is 1.33 bits per heavy atom. The van der Waals surface area contributed by atoms with Gasteiger partial charge in [-0.25, -0.2) is 0 Å². The lowest BCUT2D eigenvalue weighted by molar-refractivity contribution is -0.138. The molecule has 1 saturated heterocycles. The van der Waals surface area contributed by atoms with E-state index in [4.69, 9.17) is 5.11 Å². The summed E-state index contributed by atoms with van der Waals surface area (Å²) in [6, 6.07) is 0.832. The quantitative estimate of drug-likeness (QED) is 0.676. The molecule has 0 radical (unpaired) electrons. The fraction of sp³-hybridized carbons (Fsp3) is 0.846. The number of hydrogen-bond acceptors (Lipinski definition) is 3. The van der Waals surface area contributed by atoms with E-state index in [1.807, 2.05) is 0 Å². The van der Waals surface area contributed by atoms with Crippen LogP contribution in [0.4, 0.5) is 0 Å². The summed E-state index contributed by atoms with van der Waals surface area (Å²) in [6.45, 7) is 2.88. The Hall–Kier alpha value is -1.10. The van der Waals surface area contributed by atoms with Crippen LogP contribution in [0.1, 0.15) is 39.0 Å². The molecule has 3 N–H and O–H groups in total. The average Bonchev–Trinajstić information content (AvgIpc) is 2.56. The Morgan fingerprint density at radius 2 is 2.11 bits per heavy atom. The van der Waals surface area contributed by atoms with Crippen LogP contribution in [0.2, 0.25) is 0 Å². The third-order valence-electron chi connectivity index (χ3n) is 3.92. The minimum Gasteiger partial charge on any atom is -0.481 e. The first-order valence-corrected chi connectivity index (χ1v) is 6.77. The van der Waals surface area contributed by atoms with Gasteiger partial charge >= 0.3 is 5.97 Å². The van der Waals surface area contributed by atoms with Crippen molar-refractivity contribution in [3.8, 4) is 0 Å². The minimum atomic E-state index is -0.838. The van der Waals surface area contributed by atoms with Crippen LogP contribution in [0.25, 0.3) is 0 Å². The molecule has 18 heavy (non-hydrogen) atoms. The Balaban J connectivity index is 1.72. The highest BCUT2D eigenvalue weighted by molar-refractivity contribution is 5.77. The lowest BCUT2D eigenvalue weighted by atomic mass is 9.86. The molecule has 0 aromatic carbocycles. The number of nitrogens with one attached hydrogen (secondary N) is 2. The first-order chi connectivity index (χ1) is 8.52. The van der Waals surface area contributed by atoms with Crippen LogP contribution in [0.5, 0.6) is 0 Å². The second-order valence-electron chi connectivity index (χ2n) is 5.85. The summed E-state index contributed by atoms with van der Waals surface area (Å²) in [7, 11) is 0. The number of rotatable bonds is 5. The first-order valence-electron chi connectivity index (χ1n) is 6.77. The van der Waals surface area contributed by atoms with E-state index in [0.717, 1.165) is 19.4 Å². The maximum absolute atomic E-state index is 11.8. The van der Waals surface area contributed by atoms with Gasteiger partial charge in [0.15, 0.2) is 0 Å². The van der Waals surface area contributed by atoms with Crippen molar-refractivity contribution in [1.29, 1.82) is 0 Å². The maximum Gasteiger partial charge on any atom is 0.303 e. The van der Waals surface area contributed by atoms with E-state index in [1.165, 1.54) is 6.42 Å². The first kappa shape index (κ1) is 13.3. The fourth-order valence-corrected chi connectivity index (χ4v) is 3.19. The van der Waals surface area contributed by atoms with Crippen LogP contribution in [-0.4, -0.2) is 35.6 Å². The van der Waals surface area contributed by atoms with Gasteiger partial charge in [-0.3, -0.25) is 9.59 Å². The van der Waals surface area contributed by atoms with Gasteiger partial charge < -0.3 is 15.7 Å². The van der Waals surface area contributed by atoms with Crippen LogP contribution in [0.3, 0.4) is 0 Å². The predicted octanol–water partition coefficient (Wildman–Crippen LogP) is 0.744. The van der Waals surface area contributed by atoms with Gasteiger partial charge in [0.25, 0.3) is 0 Å². The topological polar surface area (TPSA) is 78.4 Å². The highest BCUT2D eigenvalue weighted by Crippen LogP contribution is 2.29. The van der Waals surface area contributed by atoms with Gasteiger partial charge in [0.1, 0.15) is 0 Å². The molecule has 102 valence electrons. The number of fused-ring (bicyclic) bond motifs is 2. The van der Waals surface area contributed by atoms with Crippen molar-refractivity contribution in [2.24, 2.45) is 11.8 Å². The summed E-state index contributed by atoms with van der Waals surface area (Å²) in [6.07, 6.45) is 3.68. The Bertz CT molecular complexity index is 320. The smallest absolute Gasteiger partial charge is 0.303 e. The number of carboxylic acids is 1. The third-order valence-corrected chi connectivity index (χ3v) is 3.92. The third kappa shape index (κ3) is 3.70. The van der Waals surface area contributed by atoms with Crippen LogP contribution in [0, 0.1) is 11.8 Å². The molecule has 1 heterocycles. The molecule has 0 aromatic rings. The molecule has 0 aromatic heterocycles. The second-order valence-corrected chi connectivity index (χ2v) is 5.85. The van der Waals surface area contributed by atoms with Crippen LogP contribution >= 0.6 is 0 Å². The molecule has 1 amide bonds. The van der Waals surface area contributed by atoms with Crippen LogP contribution in [-0.2, 0) is 9.59 Å². The lowest BCUT2D eigenvalue weighted by Gasteiger charge is -2.28. The highest BCUT2D eigenvalue weighted by atomic mass is 16.4. The van der Waals surface area contributed by atoms with E-state index in [0.29, 0.717) is 18.4 Å². The Morgan fingerprint density at radius 3 is 2.78 bits per heavy atom. The molecule has 2 rings (SSSR count). The van der Waals surface area contributed by atoms with E-state index in [9.17, 15) is 9.59 Å². The fourth-order valence-electron chi connectivity index (χ4n) is 3.19. The van der Waals surface area contributed by atoms with E-state index >= 15 is 0 Å². The van der Waals surface area contributed by atoms with Crippen molar-refractivity contribution >= 4 is 11.9 Å². The van der Waals surface area contributed by atoms with Crippen molar-refractivity contribution in [2.45, 2.75) is 51.1 Å². The molecule has 0 spiro atoms. The summed E-state index contributed by atoms with van der Waals surface area (Å²) in [5, 5.41) is 15.2. The zero-order chi connectivity index (χ0) is 13.1. The summed E-state index contributed by atoms with van der Waals surface area (Å²) in [4.78, 5) is 22.3.